The molecule has 1 aliphatic heterocycles. The molecule has 10 heteroatoms. The van der Waals surface area contributed by atoms with Gasteiger partial charge in [0.1, 0.15) is 17.8 Å². The number of carbonyl (C=O) groups excluding carboxylic acids is 2. The minimum atomic E-state index is -4.81. The molecular weight excluding hydrogens is 405 g/mol. The lowest BCUT2D eigenvalue weighted by molar-refractivity contribution is -0.151. The summed E-state index contributed by atoms with van der Waals surface area (Å²) in [6.07, 6.45) is -3.02. The van der Waals surface area contributed by atoms with Crippen LogP contribution in [0.2, 0.25) is 0 Å². The van der Waals surface area contributed by atoms with Gasteiger partial charge in [0.25, 0.3) is 5.91 Å². The summed E-state index contributed by atoms with van der Waals surface area (Å²) in [5.41, 5.74) is -3.52. The molecule has 7 nitrogen and oxygen atoms in total. The molecule has 0 bridgehead atoms. The van der Waals surface area contributed by atoms with Crippen molar-refractivity contribution < 1.29 is 37.0 Å². The van der Waals surface area contributed by atoms with Gasteiger partial charge in [0.05, 0.1) is 18.3 Å². The number of hydrogen-bond acceptors (Lipinski definition) is 6. The molecule has 1 N–H and O–H groups in total. The fourth-order valence-corrected chi connectivity index (χ4v) is 3.19. The van der Waals surface area contributed by atoms with Gasteiger partial charge < -0.3 is 19.5 Å². The first-order chi connectivity index (χ1) is 14.2. The van der Waals surface area contributed by atoms with Crippen LogP contribution in [0.15, 0.2) is 12.1 Å². The monoisotopic (exact) mass is 432 g/mol. The first-order valence-electron chi connectivity index (χ1n) is 9.99. The molecule has 1 saturated heterocycles. The Kier molecular flexibility index (Phi) is 8.05. The van der Waals surface area contributed by atoms with E-state index in [-0.39, 0.29) is 38.0 Å². The number of ether oxygens (including phenoxy) is 3. The van der Waals surface area contributed by atoms with E-state index in [0.29, 0.717) is 6.61 Å². The van der Waals surface area contributed by atoms with Crippen molar-refractivity contribution in [2.45, 2.75) is 64.3 Å². The Morgan fingerprint density at radius 3 is 2.47 bits per heavy atom. The molecule has 1 unspecified atom stereocenters. The average molecular weight is 432 g/mol. The highest BCUT2D eigenvalue weighted by molar-refractivity contribution is 5.98. The summed E-state index contributed by atoms with van der Waals surface area (Å²) in [7, 11) is 0. The van der Waals surface area contributed by atoms with Crippen LogP contribution in [0, 0.1) is 0 Å². The fourth-order valence-electron chi connectivity index (χ4n) is 3.19. The van der Waals surface area contributed by atoms with Gasteiger partial charge in [-0.25, -0.2) is 9.78 Å². The maximum Gasteiger partial charge on any atom is 0.418 e. The maximum absolute atomic E-state index is 13.5. The molecule has 1 atom stereocenters. The van der Waals surface area contributed by atoms with E-state index in [2.05, 4.69) is 10.3 Å². The summed E-state index contributed by atoms with van der Waals surface area (Å²) >= 11 is 0. The quantitative estimate of drug-likeness (QED) is 0.601. The average Bonchev–Trinajstić information content (AvgIpc) is 3.23. The summed E-state index contributed by atoms with van der Waals surface area (Å²) in [6.45, 7) is 5.69. The van der Waals surface area contributed by atoms with Crippen LogP contribution in [-0.4, -0.2) is 48.3 Å². The highest BCUT2D eigenvalue weighted by atomic mass is 19.4. The molecular formula is C20H27F3N2O5. The van der Waals surface area contributed by atoms with Gasteiger partial charge in [0.15, 0.2) is 0 Å². The number of carbonyl (C=O) groups is 2. The Labute approximate surface area is 173 Å². The highest BCUT2D eigenvalue weighted by Gasteiger charge is 2.42. The van der Waals surface area contributed by atoms with Crippen LogP contribution in [0.1, 0.15) is 62.5 Å². The minimum Gasteiger partial charge on any atom is -0.475 e. The Bertz CT molecular complexity index is 744. The Morgan fingerprint density at radius 2 is 1.93 bits per heavy atom. The van der Waals surface area contributed by atoms with Crippen molar-refractivity contribution in [2.24, 2.45) is 0 Å². The van der Waals surface area contributed by atoms with Gasteiger partial charge in [0.2, 0.25) is 5.88 Å². The third kappa shape index (κ3) is 5.62. The Hall–Kier alpha value is -2.36. The molecule has 168 valence electrons. The number of amides is 1. The molecule has 0 spiro atoms. The number of pyridine rings is 1. The second-order valence-electron chi connectivity index (χ2n) is 6.95. The van der Waals surface area contributed by atoms with Crippen molar-refractivity contribution in [2.75, 3.05) is 19.8 Å². The summed E-state index contributed by atoms with van der Waals surface area (Å²) in [5.74, 6) is -1.96. The fraction of sp³-hybridized carbons (Fsp3) is 0.650. The van der Waals surface area contributed by atoms with Crippen LogP contribution in [0.25, 0.3) is 0 Å². The number of esters is 1. The topological polar surface area (TPSA) is 86.8 Å². The summed E-state index contributed by atoms with van der Waals surface area (Å²) < 4.78 is 56.3. The van der Waals surface area contributed by atoms with Gasteiger partial charge in [-0.2, -0.15) is 13.2 Å². The van der Waals surface area contributed by atoms with Crippen LogP contribution in [-0.2, 0) is 20.4 Å². The zero-order valence-corrected chi connectivity index (χ0v) is 17.3. The van der Waals surface area contributed by atoms with E-state index in [0.717, 1.165) is 25.0 Å². The van der Waals surface area contributed by atoms with E-state index < -0.39 is 34.8 Å². The van der Waals surface area contributed by atoms with Crippen molar-refractivity contribution in [3.63, 3.8) is 0 Å². The number of nitrogens with one attached hydrogen (secondary N) is 1. The van der Waals surface area contributed by atoms with Crippen LogP contribution in [0.4, 0.5) is 13.2 Å². The van der Waals surface area contributed by atoms with Gasteiger partial charge in [0, 0.05) is 12.7 Å². The normalized spacial score (nSPS) is 16.9. The summed E-state index contributed by atoms with van der Waals surface area (Å²) in [5, 5.41) is 2.41. The van der Waals surface area contributed by atoms with E-state index in [9.17, 15) is 22.8 Å². The zero-order chi connectivity index (χ0) is 22.4. The van der Waals surface area contributed by atoms with Crippen molar-refractivity contribution in [3.8, 4) is 5.88 Å². The van der Waals surface area contributed by atoms with Crippen molar-refractivity contribution >= 4 is 11.9 Å². The third-order valence-electron chi connectivity index (χ3n) is 5.06. The zero-order valence-electron chi connectivity index (χ0n) is 17.3. The van der Waals surface area contributed by atoms with Crippen molar-refractivity contribution in [3.05, 3.63) is 23.4 Å². The summed E-state index contributed by atoms with van der Waals surface area (Å²) in [6, 6.07) is 1.81. The van der Waals surface area contributed by atoms with Gasteiger partial charge in [-0.3, -0.25) is 4.79 Å². The number of aromatic nitrogens is 1. The summed E-state index contributed by atoms with van der Waals surface area (Å²) in [4.78, 5) is 29.0. The molecule has 0 saturated carbocycles. The van der Waals surface area contributed by atoms with E-state index >= 15 is 0 Å². The minimum absolute atomic E-state index is 0.0784. The number of rotatable bonds is 9. The predicted molar refractivity (Wildman–Crippen MR) is 101 cm³/mol. The van der Waals surface area contributed by atoms with Crippen LogP contribution < -0.4 is 10.1 Å². The van der Waals surface area contributed by atoms with Gasteiger partial charge in [-0.15, -0.1) is 0 Å². The van der Waals surface area contributed by atoms with Gasteiger partial charge in [-0.05, 0) is 38.7 Å². The molecule has 1 amide bonds. The molecule has 0 radical (unpaired) electrons. The van der Waals surface area contributed by atoms with Crippen LogP contribution in [0.3, 0.4) is 0 Å². The second-order valence-corrected chi connectivity index (χ2v) is 6.95. The van der Waals surface area contributed by atoms with E-state index in [1.165, 1.54) is 0 Å². The van der Waals surface area contributed by atoms with E-state index in [1.54, 1.807) is 20.8 Å². The smallest absolute Gasteiger partial charge is 0.418 e. The molecule has 1 aliphatic rings. The molecule has 2 heterocycles. The number of nitrogens with zero attached hydrogens (tertiary/aromatic N) is 1. The number of alkyl halides is 3. The highest BCUT2D eigenvalue weighted by Crippen LogP contribution is 2.33. The lowest BCUT2D eigenvalue weighted by atomic mass is 9.92. The first-order valence-corrected chi connectivity index (χ1v) is 9.99. The van der Waals surface area contributed by atoms with Gasteiger partial charge >= 0.3 is 12.1 Å². The lowest BCUT2D eigenvalue weighted by Gasteiger charge is -2.30. The van der Waals surface area contributed by atoms with Crippen molar-refractivity contribution in [1.82, 2.24) is 10.3 Å². The molecule has 1 aromatic heterocycles. The largest absolute Gasteiger partial charge is 0.475 e. The molecule has 2 rings (SSSR count). The number of halogens is 3. The van der Waals surface area contributed by atoms with Crippen molar-refractivity contribution in [1.29, 1.82) is 0 Å². The standard InChI is InChI=1S/C20H27F3N2O5/c1-4-19(5-2,18(27)28-6-3)25-17(26)16-14(20(21,22)23)9-10-15(24-16)30-12-13-8-7-11-29-13/h9-10,13H,4-8,11-12H2,1-3H3,(H,25,26). The lowest BCUT2D eigenvalue weighted by Crippen LogP contribution is -2.55. The van der Waals surface area contributed by atoms with Gasteiger partial charge in [-0.1, -0.05) is 13.8 Å². The number of hydrogen-bond donors (Lipinski definition) is 1. The first kappa shape index (κ1) is 23.9. The van der Waals surface area contributed by atoms with E-state index in [1.807, 2.05) is 0 Å². The van der Waals surface area contributed by atoms with Crippen LogP contribution >= 0.6 is 0 Å². The van der Waals surface area contributed by atoms with E-state index in [4.69, 9.17) is 14.2 Å². The Balaban J connectivity index is 2.31. The second kappa shape index (κ2) is 10.1. The van der Waals surface area contributed by atoms with Crippen LogP contribution in [0.5, 0.6) is 5.88 Å². The predicted octanol–water partition coefficient (Wildman–Crippen LogP) is 3.51. The molecule has 0 aromatic carbocycles. The third-order valence-corrected chi connectivity index (χ3v) is 5.06. The molecule has 1 aromatic rings. The Morgan fingerprint density at radius 1 is 1.23 bits per heavy atom. The molecule has 0 aliphatic carbocycles. The SMILES string of the molecule is CCOC(=O)C(CC)(CC)NC(=O)c1nc(OCC2CCCO2)ccc1C(F)(F)F. The molecule has 1 fully saturated rings. The maximum atomic E-state index is 13.5. The molecule has 30 heavy (non-hydrogen) atoms.